The molecule has 8 heteroatoms. The molecule has 0 bridgehead atoms. The van der Waals surface area contributed by atoms with Crippen LogP contribution >= 0.6 is 0 Å². The van der Waals surface area contributed by atoms with Gasteiger partial charge in [0, 0.05) is 31.1 Å². The molecular weight excluding hydrogens is 292 g/mol. The second-order valence-corrected chi connectivity index (χ2v) is 7.58. The van der Waals surface area contributed by atoms with E-state index in [1.807, 2.05) is 13.8 Å². The van der Waals surface area contributed by atoms with Crippen LogP contribution in [-0.2, 0) is 9.84 Å². The van der Waals surface area contributed by atoms with Crippen molar-refractivity contribution in [2.24, 2.45) is 5.84 Å². The lowest BCUT2D eigenvalue weighted by Crippen LogP contribution is -2.31. The molecule has 0 atom stereocenters. The van der Waals surface area contributed by atoms with Gasteiger partial charge in [0.25, 0.3) is 5.91 Å². The van der Waals surface area contributed by atoms with Crippen molar-refractivity contribution >= 4 is 21.6 Å². The summed E-state index contributed by atoms with van der Waals surface area (Å²) in [5.74, 6) is 5.58. The van der Waals surface area contributed by atoms with Gasteiger partial charge in [0.1, 0.15) is 15.7 Å². The van der Waals surface area contributed by atoms with E-state index in [1.54, 1.807) is 19.2 Å². The van der Waals surface area contributed by atoms with E-state index in [1.165, 1.54) is 4.90 Å². The molecule has 0 aliphatic heterocycles. The first-order valence-corrected chi connectivity index (χ1v) is 8.62. The fourth-order valence-electron chi connectivity index (χ4n) is 1.67. The van der Waals surface area contributed by atoms with Gasteiger partial charge in [-0.2, -0.15) is 0 Å². The maximum Gasteiger partial charge on any atom is 0.253 e. The molecule has 0 aliphatic rings. The molecular formula is C13H22N4O3S. The molecule has 1 amide bonds. The number of hydrogen-bond donors (Lipinski definition) is 2. The molecule has 0 saturated carbocycles. The first-order chi connectivity index (χ1) is 9.64. The van der Waals surface area contributed by atoms with Crippen LogP contribution in [0, 0.1) is 0 Å². The van der Waals surface area contributed by atoms with E-state index in [4.69, 9.17) is 5.84 Å². The number of rotatable bonds is 6. The number of carbonyl (C=O) groups excluding carboxylic acids is 1. The zero-order valence-electron chi connectivity index (χ0n) is 12.8. The molecule has 0 fully saturated rings. The smallest absolute Gasteiger partial charge is 0.253 e. The Hall–Kier alpha value is -1.67. The monoisotopic (exact) mass is 314 g/mol. The van der Waals surface area contributed by atoms with Crippen LogP contribution in [0.4, 0.5) is 5.82 Å². The third-order valence-electron chi connectivity index (χ3n) is 2.98. The van der Waals surface area contributed by atoms with Crippen LogP contribution in [-0.4, -0.2) is 49.8 Å². The lowest BCUT2D eigenvalue weighted by Gasteiger charge is -2.18. The summed E-state index contributed by atoms with van der Waals surface area (Å²) in [6.07, 6.45) is 1.14. The molecule has 21 heavy (non-hydrogen) atoms. The van der Waals surface area contributed by atoms with Crippen LogP contribution < -0.4 is 11.3 Å². The van der Waals surface area contributed by atoms with E-state index in [0.717, 1.165) is 11.9 Å². The second kappa shape index (κ2) is 6.86. The highest BCUT2D eigenvalue weighted by Crippen LogP contribution is 2.18. The van der Waals surface area contributed by atoms with Crippen molar-refractivity contribution < 1.29 is 13.2 Å². The normalized spacial score (nSPS) is 11.5. The van der Waals surface area contributed by atoms with Gasteiger partial charge in [0.2, 0.25) is 0 Å². The van der Waals surface area contributed by atoms with Crippen molar-refractivity contribution in [2.45, 2.75) is 19.8 Å². The van der Waals surface area contributed by atoms with E-state index in [-0.39, 0.29) is 24.1 Å². The van der Waals surface area contributed by atoms with Gasteiger partial charge >= 0.3 is 0 Å². The number of nitrogens with one attached hydrogen (secondary N) is 1. The Morgan fingerprint density at radius 1 is 1.43 bits per heavy atom. The highest BCUT2D eigenvalue weighted by atomic mass is 32.2. The standard InChI is InChI=1S/C13H22N4O3S/c1-9(2)11-7-10(8-12(15-11)16-14)13(18)17(3)5-6-21(4,19)20/h7-9H,5-6,14H2,1-4H3,(H,15,16). The number of carbonyl (C=O) groups is 1. The van der Waals surface area contributed by atoms with Crippen molar-refractivity contribution in [1.29, 1.82) is 0 Å². The summed E-state index contributed by atoms with van der Waals surface area (Å²) in [6, 6.07) is 3.25. The Morgan fingerprint density at radius 2 is 2.05 bits per heavy atom. The van der Waals surface area contributed by atoms with Crippen molar-refractivity contribution in [3.63, 3.8) is 0 Å². The lowest BCUT2D eigenvalue weighted by molar-refractivity contribution is 0.0803. The van der Waals surface area contributed by atoms with E-state index >= 15 is 0 Å². The molecule has 0 spiro atoms. The molecule has 7 nitrogen and oxygen atoms in total. The fourth-order valence-corrected chi connectivity index (χ4v) is 2.28. The quantitative estimate of drug-likeness (QED) is 0.588. The number of amides is 1. The fraction of sp³-hybridized carbons (Fsp3) is 0.538. The number of hydrogen-bond acceptors (Lipinski definition) is 6. The van der Waals surface area contributed by atoms with Crippen molar-refractivity contribution in [3.8, 4) is 0 Å². The first kappa shape index (κ1) is 17.4. The van der Waals surface area contributed by atoms with Gasteiger partial charge in [-0.3, -0.25) is 4.79 Å². The van der Waals surface area contributed by atoms with E-state index in [0.29, 0.717) is 11.4 Å². The van der Waals surface area contributed by atoms with Crippen molar-refractivity contribution in [2.75, 3.05) is 31.0 Å². The van der Waals surface area contributed by atoms with Gasteiger partial charge in [0.15, 0.2) is 0 Å². The largest absolute Gasteiger partial charge is 0.341 e. The predicted octanol–water partition coefficient (Wildman–Crippen LogP) is 0.607. The Bertz CT molecular complexity index is 614. The molecule has 0 aliphatic carbocycles. The molecule has 118 valence electrons. The third-order valence-corrected chi connectivity index (χ3v) is 3.90. The molecule has 1 aromatic heterocycles. The summed E-state index contributed by atoms with van der Waals surface area (Å²) < 4.78 is 22.3. The average molecular weight is 314 g/mol. The number of aromatic nitrogens is 1. The van der Waals surface area contributed by atoms with Gasteiger partial charge < -0.3 is 10.3 Å². The minimum Gasteiger partial charge on any atom is -0.341 e. The number of hydrazine groups is 1. The van der Waals surface area contributed by atoms with Gasteiger partial charge in [-0.25, -0.2) is 19.2 Å². The topological polar surface area (TPSA) is 105 Å². The predicted molar refractivity (Wildman–Crippen MR) is 82.8 cm³/mol. The number of nitrogens with two attached hydrogens (primary N) is 1. The Morgan fingerprint density at radius 3 is 2.52 bits per heavy atom. The van der Waals surface area contributed by atoms with Gasteiger partial charge in [-0.15, -0.1) is 0 Å². The number of sulfone groups is 1. The number of pyridine rings is 1. The summed E-state index contributed by atoms with van der Waals surface area (Å²) in [6.45, 7) is 4.07. The van der Waals surface area contributed by atoms with Gasteiger partial charge in [0.05, 0.1) is 5.75 Å². The van der Waals surface area contributed by atoms with Crippen LogP contribution in [0.15, 0.2) is 12.1 Å². The maximum absolute atomic E-state index is 12.3. The minimum absolute atomic E-state index is 0.0701. The van der Waals surface area contributed by atoms with Crippen LogP contribution in [0.5, 0.6) is 0 Å². The molecule has 0 aromatic carbocycles. The molecule has 1 heterocycles. The van der Waals surface area contributed by atoms with Crippen molar-refractivity contribution in [3.05, 3.63) is 23.4 Å². The highest BCUT2D eigenvalue weighted by molar-refractivity contribution is 7.90. The molecule has 1 aromatic rings. The van der Waals surface area contributed by atoms with Crippen molar-refractivity contribution in [1.82, 2.24) is 9.88 Å². The Kier molecular flexibility index (Phi) is 5.68. The van der Waals surface area contributed by atoms with E-state index in [9.17, 15) is 13.2 Å². The van der Waals surface area contributed by atoms with Crippen LogP contribution in [0.3, 0.4) is 0 Å². The summed E-state index contributed by atoms with van der Waals surface area (Å²) in [5.41, 5.74) is 3.60. The first-order valence-electron chi connectivity index (χ1n) is 6.56. The van der Waals surface area contributed by atoms with Gasteiger partial charge in [-0.1, -0.05) is 13.8 Å². The molecule has 1 rings (SSSR count). The average Bonchev–Trinajstić information content (AvgIpc) is 2.42. The zero-order valence-corrected chi connectivity index (χ0v) is 13.6. The third kappa shape index (κ3) is 5.31. The summed E-state index contributed by atoms with van der Waals surface area (Å²) in [7, 11) is -1.54. The number of anilines is 1. The maximum atomic E-state index is 12.3. The van der Waals surface area contributed by atoms with Gasteiger partial charge in [-0.05, 0) is 18.1 Å². The molecule has 0 unspecified atom stereocenters. The summed E-state index contributed by atoms with van der Waals surface area (Å²) in [5, 5.41) is 0. The van der Waals surface area contributed by atoms with Crippen LogP contribution in [0.1, 0.15) is 35.8 Å². The highest BCUT2D eigenvalue weighted by Gasteiger charge is 2.16. The number of nitrogen functional groups attached to an aromatic ring is 1. The lowest BCUT2D eigenvalue weighted by atomic mass is 10.1. The zero-order chi connectivity index (χ0) is 16.2. The molecule has 0 radical (unpaired) electrons. The summed E-state index contributed by atoms with van der Waals surface area (Å²) >= 11 is 0. The second-order valence-electron chi connectivity index (χ2n) is 5.32. The minimum atomic E-state index is -3.11. The van der Waals surface area contributed by atoms with E-state index < -0.39 is 9.84 Å². The van der Waals surface area contributed by atoms with E-state index in [2.05, 4.69) is 10.4 Å². The van der Waals surface area contributed by atoms with Crippen LogP contribution in [0.2, 0.25) is 0 Å². The molecule has 3 N–H and O–H groups in total. The number of nitrogens with zero attached hydrogens (tertiary/aromatic N) is 2. The van der Waals surface area contributed by atoms with Crippen LogP contribution in [0.25, 0.3) is 0 Å². The molecule has 0 saturated heterocycles. The SMILES string of the molecule is CC(C)c1cc(C(=O)N(C)CCS(C)(=O)=O)cc(NN)n1. The Labute approximate surface area is 125 Å². The summed E-state index contributed by atoms with van der Waals surface area (Å²) in [4.78, 5) is 18.0. The Balaban J connectivity index is 2.98.